The summed E-state index contributed by atoms with van der Waals surface area (Å²) in [6.45, 7) is 8.44. The number of carbonyl (C=O) groups is 1. The van der Waals surface area contributed by atoms with Gasteiger partial charge in [-0.25, -0.2) is 0 Å². The van der Waals surface area contributed by atoms with E-state index in [1.54, 1.807) is 0 Å². The number of fused-ring (bicyclic) bond motifs is 1. The molecule has 0 amide bonds. The largest absolute Gasteiger partial charge is 0.354 e. The van der Waals surface area contributed by atoms with Gasteiger partial charge < -0.3 is 4.98 Å². The smallest absolute Gasteiger partial charge is 0.167 e. The first-order chi connectivity index (χ1) is 13.4. The van der Waals surface area contributed by atoms with Gasteiger partial charge in [0, 0.05) is 34.1 Å². The predicted molar refractivity (Wildman–Crippen MR) is 117 cm³/mol. The minimum Gasteiger partial charge on any atom is -0.354 e. The third kappa shape index (κ3) is 3.38. The van der Waals surface area contributed by atoms with E-state index in [1.165, 1.54) is 27.8 Å². The number of aromatic nitrogens is 1. The highest BCUT2D eigenvalue weighted by Gasteiger charge is 2.12. The number of benzene rings is 3. The van der Waals surface area contributed by atoms with Crippen LogP contribution in [-0.4, -0.2) is 10.8 Å². The molecule has 1 aromatic heterocycles. The molecular formula is C26H25NO. The number of Topliss-reactive ketones (excluding diaryl/α,β-unsaturated/α-hetero) is 1. The van der Waals surface area contributed by atoms with Crippen molar-refractivity contribution in [3.8, 4) is 11.3 Å². The number of aromatic amines is 1. The monoisotopic (exact) mass is 367 g/mol. The molecule has 0 unspecified atom stereocenters. The Balaban J connectivity index is 1.66. The van der Waals surface area contributed by atoms with E-state index in [2.05, 4.69) is 69.1 Å². The summed E-state index contributed by atoms with van der Waals surface area (Å²) in [5.74, 6) is 0.147. The SMILES string of the molecule is Cc1ccc(CC(=O)c2ccc3cc(-c4c(C)cccc4C)[nH]c3c2)cc1C. The molecule has 4 aromatic rings. The molecule has 1 heterocycles. The van der Waals surface area contributed by atoms with Gasteiger partial charge >= 0.3 is 0 Å². The van der Waals surface area contributed by atoms with Crippen LogP contribution in [0.2, 0.25) is 0 Å². The lowest BCUT2D eigenvalue weighted by Gasteiger charge is -2.07. The molecule has 2 nitrogen and oxygen atoms in total. The maximum Gasteiger partial charge on any atom is 0.167 e. The van der Waals surface area contributed by atoms with E-state index in [0.717, 1.165) is 27.7 Å². The van der Waals surface area contributed by atoms with Gasteiger partial charge in [0.05, 0.1) is 0 Å². The summed E-state index contributed by atoms with van der Waals surface area (Å²) < 4.78 is 0. The first-order valence-electron chi connectivity index (χ1n) is 9.71. The van der Waals surface area contributed by atoms with Gasteiger partial charge in [-0.05, 0) is 67.6 Å². The van der Waals surface area contributed by atoms with Crippen molar-refractivity contribution < 1.29 is 4.79 Å². The molecule has 0 aliphatic heterocycles. The van der Waals surface area contributed by atoms with Gasteiger partial charge in [0.25, 0.3) is 0 Å². The van der Waals surface area contributed by atoms with Crippen molar-refractivity contribution >= 4 is 16.7 Å². The fourth-order valence-corrected chi connectivity index (χ4v) is 3.88. The molecule has 3 aromatic carbocycles. The number of hydrogen-bond acceptors (Lipinski definition) is 1. The Labute approximate surface area is 166 Å². The quantitative estimate of drug-likeness (QED) is 0.411. The molecule has 1 N–H and O–H groups in total. The predicted octanol–water partition coefficient (Wildman–Crippen LogP) is 6.49. The van der Waals surface area contributed by atoms with E-state index in [0.29, 0.717) is 6.42 Å². The summed E-state index contributed by atoms with van der Waals surface area (Å²) in [7, 11) is 0. The van der Waals surface area contributed by atoms with Crippen molar-refractivity contribution in [3.63, 3.8) is 0 Å². The van der Waals surface area contributed by atoms with E-state index >= 15 is 0 Å². The van der Waals surface area contributed by atoms with Crippen LogP contribution in [0, 0.1) is 27.7 Å². The minimum absolute atomic E-state index is 0.147. The van der Waals surface area contributed by atoms with E-state index in [4.69, 9.17) is 0 Å². The number of ketones is 1. The molecule has 2 heteroatoms. The highest BCUT2D eigenvalue weighted by molar-refractivity contribution is 6.01. The molecule has 0 fully saturated rings. The number of carbonyl (C=O) groups excluding carboxylic acids is 1. The summed E-state index contributed by atoms with van der Waals surface area (Å²) in [5.41, 5.74) is 10.1. The molecule has 0 spiro atoms. The minimum atomic E-state index is 0.147. The second-order valence-corrected chi connectivity index (χ2v) is 7.77. The molecule has 0 aliphatic rings. The van der Waals surface area contributed by atoms with Crippen LogP contribution in [0.4, 0.5) is 0 Å². The molecule has 4 rings (SSSR count). The second-order valence-electron chi connectivity index (χ2n) is 7.77. The van der Waals surface area contributed by atoms with Crippen molar-refractivity contribution in [2.75, 3.05) is 0 Å². The number of hydrogen-bond donors (Lipinski definition) is 1. The maximum absolute atomic E-state index is 12.8. The highest BCUT2D eigenvalue weighted by Crippen LogP contribution is 2.30. The average Bonchev–Trinajstić information content (AvgIpc) is 3.07. The van der Waals surface area contributed by atoms with Gasteiger partial charge in [-0.2, -0.15) is 0 Å². The Morgan fingerprint density at radius 1 is 0.786 bits per heavy atom. The molecule has 0 saturated heterocycles. The number of nitrogens with one attached hydrogen (secondary N) is 1. The van der Waals surface area contributed by atoms with E-state index in [1.807, 2.05) is 24.3 Å². The van der Waals surface area contributed by atoms with Crippen LogP contribution in [0.25, 0.3) is 22.2 Å². The highest BCUT2D eigenvalue weighted by atomic mass is 16.1. The van der Waals surface area contributed by atoms with E-state index in [-0.39, 0.29) is 5.78 Å². The number of rotatable bonds is 4. The van der Waals surface area contributed by atoms with Gasteiger partial charge in [-0.3, -0.25) is 4.79 Å². The van der Waals surface area contributed by atoms with Crippen LogP contribution in [-0.2, 0) is 6.42 Å². The van der Waals surface area contributed by atoms with E-state index < -0.39 is 0 Å². The lowest BCUT2D eigenvalue weighted by atomic mass is 9.99. The zero-order valence-corrected chi connectivity index (χ0v) is 16.9. The number of aryl methyl sites for hydroxylation is 4. The van der Waals surface area contributed by atoms with Crippen molar-refractivity contribution in [2.45, 2.75) is 34.1 Å². The van der Waals surface area contributed by atoms with Gasteiger partial charge in [-0.15, -0.1) is 0 Å². The molecule has 140 valence electrons. The van der Waals surface area contributed by atoms with Gasteiger partial charge in [0.2, 0.25) is 0 Å². The fourth-order valence-electron chi connectivity index (χ4n) is 3.88. The standard InChI is InChI=1S/C26H25NO/c1-16-8-9-20(12-19(16)4)13-25(28)22-11-10-21-14-24(27-23(21)15-22)26-17(2)6-5-7-18(26)3/h5-12,14-15,27H,13H2,1-4H3. The molecule has 28 heavy (non-hydrogen) atoms. The maximum atomic E-state index is 12.8. The van der Waals surface area contributed by atoms with Crippen molar-refractivity contribution in [1.29, 1.82) is 0 Å². The molecule has 0 atom stereocenters. The van der Waals surface area contributed by atoms with Gasteiger partial charge in [0.15, 0.2) is 5.78 Å². The lowest BCUT2D eigenvalue weighted by Crippen LogP contribution is -2.03. The summed E-state index contributed by atoms with van der Waals surface area (Å²) in [6, 6.07) is 20.7. The van der Waals surface area contributed by atoms with Crippen LogP contribution in [0.3, 0.4) is 0 Å². The van der Waals surface area contributed by atoms with Crippen LogP contribution in [0.15, 0.2) is 60.7 Å². The van der Waals surface area contributed by atoms with Gasteiger partial charge in [0.1, 0.15) is 0 Å². The zero-order valence-electron chi connectivity index (χ0n) is 16.9. The summed E-state index contributed by atoms with van der Waals surface area (Å²) in [4.78, 5) is 16.3. The second kappa shape index (κ2) is 7.12. The van der Waals surface area contributed by atoms with Crippen molar-refractivity contribution in [1.82, 2.24) is 4.98 Å². The van der Waals surface area contributed by atoms with Gasteiger partial charge in [-0.1, -0.05) is 48.5 Å². The van der Waals surface area contributed by atoms with E-state index in [9.17, 15) is 4.79 Å². The first-order valence-corrected chi connectivity index (χ1v) is 9.71. The molecule has 0 bridgehead atoms. The Bertz CT molecular complexity index is 1180. The number of H-pyrrole nitrogens is 1. The third-order valence-electron chi connectivity index (χ3n) is 5.63. The zero-order chi connectivity index (χ0) is 19.8. The molecule has 0 radical (unpaired) electrons. The molecular weight excluding hydrogens is 342 g/mol. The van der Waals surface area contributed by atoms with Crippen molar-refractivity contribution in [2.24, 2.45) is 0 Å². The third-order valence-corrected chi connectivity index (χ3v) is 5.63. The fraction of sp³-hybridized carbons (Fsp3) is 0.192. The topological polar surface area (TPSA) is 32.9 Å². The molecule has 0 aliphatic carbocycles. The van der Waals surface area contributed by atoms with Crippen molar-refractivity contribution in [3.05, 3.63) is 94.0 Å². The lowest BCUT2D eigenvalue weighted by molar-refractivity contribution is 0.0993. The molecule has 0 saturated carbocycles. The normalized spacial score (nSPS) is 11.1. The Hall–Kier alpha value is -3.13. The van der Waals surface area contributed by atoms with Crippen LogP contribution >= 0.6 is 0 Å². The average molecular weight is 367 g/mol. The van der Waals surface area contributed by atoms with Crippen LogP contribution < -0.4 is 0 Å². The summed E-state index contributed by atoms with van der Waals surface area (Å²) in [5, 5.41) is 1.13. The Morgan fingerprint density at radius 2 is 1.54 bits per heavy atom. The van der Waals surface area contributed by atoms with Crippen LogP contribution in [0.1, 0.15) is 38.2 Å². The summed E-state index contributed by atoms with van der Waals surface area (Å²) in [6.07, 6.45) is 0.428. The first kappa shape index (κ1) is 18.2. The summed E-state index contributed by atoms with van der Waals surface area (Å²) >= 11 is 0. The van der Waals surface area contributed by atoms with Crippen LogP contribution in [0.5, 0.6) is 0 Å². The Kier molecular flexibility index (Phi) is 4.64. The Morgan fingerprint density at radius 3 is 2.25 bits per heavy atom.